The zero-order chi connectivity index (χ0) is 16.1. The molecular formula is C17H26N4O2. The van der Waals surface area contributed by atoms with Crippen molar-refractivity contribution in [1.82, 2.24) is 15.2 Å². The molecule has 1 N–H and O–H groups in total. The number of carbonyl (C=O) groups is 1. The van der Waals surface area contributed by atoms with Crippen LogP contribution in [0, 0.1) is 5.92 Å². The molecule has 1 aromatic rings. The predicted molar refractivity (Wildman–Crippen MR) is 89.6 cm³/mol. The molecule has 126 valence electrons. The van der Waals surface area contributed by atoms with Crippen LogP contribution in [0.25, 0.3) is 0 Å². The number of aromatic nitrogens is 1. The first-order valence-electron chi connectivity index (χ1n) is 8.55. The Labute approximate surface area is 137 Å². The number of ether oxygens (including phenoxy) is 1. The molecule has 2 fully saturated rings. The highest BCUT2D eigenvalue weighted by Gasteiger charge is 2.30. The van der Waals surface area contributed by atoms with E-state index in [1.165, 1.54) is 0 Å². The maximum absolute atomic E-state index is 12.4. The van der Waals surface area contributed by atoms with Gasteiger partial charge in [-0.15, -0.1) is 0 Å². The van der Waals surface area contributed by atoms with Crippen LogP contribution < -0.4 is 10.2 Å². The molecule has 6 nitrogen and oxygen atoms in total. The van der Waals surface area contributed by atoms with Crippen molar-refractivity contribution in [2.75, 3.05) is 44.3 Å². The quantitative estimate of drug-likeness (QED) is 0.898. The lowest BCUT2D eigenvalue weighted by Gasteiger charge is -2.21. The summed E-state index contributed by atoms with van der Waals surface area (Å²) in [5, 5.41) is 3.17. The summed E-state index contributed by atoms with van der Waals surface area (Å²) in [5.41, 5.74) is 0. The summed E-state index contributed by atoms with van der Waals surface area (Å²) in [6.07, 6.45) is 3.82. The van der Waals surface area contributed by atoms with E-state index in [1.54, 1.807) is 0 Å². The van der Waals surface area contributed by atoms with Crippen molar-refractivity contribution >= 4 is 11.8 Å². The highest BCUT2D eigenvalue weighted by Crippen LogP contribution is 2.19. The van der Waals surface area contributed by atoms with Gasteiger partial charge < -0.3 is 19.9 Å². The third kappa shape index (κ3) is 4.13. The van der Waals surface area contributed by atoms with E-state index in [2.05, 4.69) is 15.2 Å². The highest BCUT2D eigenvalue weighted by molar-refractivity contribution is 5.75. The number of likely N-dealkylation sites (tertiary alicyclic amines) is 1. The zero-order valence-corrected chi connectivity index (χ0v) is 13.8. The molecule has 3 rings (SSSR count). The van der Waals surface area contributed by atoms with Gasteiger partial charge in [-0.1, -0.05) is 6.07 Å². The summed E-state index contributed by atoms with van der Waals surface area (Å²) < 4.78 is 5.47. The minimum Gasteiger partial charge on any atom is -0.381 e. The maximum Gasteiger partial charge on any atom is 0.317 e. The summed E-state index contributed by atoms with van der Waals surface area (Å²) >= 11 is 0. The molecule has 3 heterocycles. The van der Waals surface area contributed by atoms with Crippen LogP contribution in [-0.4, -0.2) is 61.3 Å². The fraction of sp³-hybridized carbons (Fsp3) is 0.647. The van der Waals surface area contributed by atoms with Gasteiger partial charge in [0.1, 0.15) is 5.82 Å². The van der Waals surface area contributed by atoms with E-state index in [4.69, 9.17) is 4.74 Å². The summed E-state index contributed by atoms with van der Waals surface area (Å²) in [5.74, 6) is 1.47. The molecule has 2 aliphatic heterocycles. The minimum atomic E-state index is 0.0665. The lowest BCUT2D eigenvalue weighted by atomic mass is 10.1. The molecule has 2 atom stereocenters. The fourth-order valence-electron chi connectivity index (χ4n) is 3.33. The number of nitrogens with zero attached hydrogens (tertiary/aromatic N) is 3. The van der Waals surface area contributed by atoms with Gasteiger partial charge in [-0.2, -0.15) is 0 Å². The molecule has 2 saturated heterocycles. The molecule has 0 bridgehead atoms. The molecule has 0 radical (unpaired) electrons. The molecule has 0 unspecified atom stereocenters. The van der Waals surface area contributed by atoms with Crippen molar-refractivity contribution in [1.29, 1.82) is 0 Å². The van der Waals surface area contributed by atoms with E-state index in [1.807, 2.05) is 36.2 Å². The normalized spacial score (nSPS) is 24.2. The number of pyridine rings is 1. The topological polar surface area (TPSA) is 57.7 Å². The summed E-state index contributed by atoms with van der Waals surface area (Å²) in [4.78, 5) is 20.9. The minimum absolute atomic E-state index is 0.0665. The average molecular weight is 318 g/mol. The van der Waals surface area contributed by atoms with Crippen molar-refractivity contribution in [2.24, 2.45) is 5.92 Å². The van der Waals surface area contributed by atoms with E-state index in [0.29, 0.717) is 5.92 Å². The summed E-state index contributed by atoms with van der Waals surface area (Å²) in [6.45, 7) is 6.93. The van der Waals surface area contributed by atoms with E-state index in [-0.39, 0.29) is 12.1 Å². The van der Waals surface area contributed by atoms with Gasteiger partial charge in [0.2, 0.25) is 0 Å². The van der Waals surface area contributed by atoms with E-state index in [0.717, 1.165) is 58.1 Å². The second-order valence-corrected chi connectivity index (χ2v) is 6.33. The van der Waals surface area contributed by atoms with Crippen molar-refractivity contribution in [3.63, 3.8) is 0 Å². The van der Waals surface area contributed by atoms with Crippen molar-refractivity contribution < 1.29 is 9.53 Å². The van der Waals surface area contributed by atoms with Gasteiger partial charge in [0, 0.05) is 50.9 Å². The van der Waals surface area contributed by atoms with Crippen molar-refractivity contribution in [3.8, 4) is 0 Å². The molecule has 2 aliphatic rings. The Morgan fingerprint density at radius 3 is 3.04 bits per heavy atom. The molecule has 6 heteroatoms. The molecule has 0 aromatic carbocycles. The molecule has 2 amide bonds. The number of urea groups is 1. The number of nitrogens with one attached hydrogen (secondary N) is 1. The molecule has 23 heavy (non-hydrogen) atoms. The molecule has 0 spiro atoms. The number of hydrogen-bond donors (Lipinski definition) is 1. The Morgan fingerprint density at radius 1 is 1.35 bits per heavy atom. The molecule has 1 aromatic heterocycles. The van der Waals surface area contributed by atoms with Gasteiger partial charge in [-0.3, -0.25) is 0 Å². The van der Waals surface area contributed by atoms with Gasteiger partial charge in [0.25, 0.3) is 0 Å². The van der Waals surface area contributed by atoms with Gasteiger partial charge in [-0.05, 0) is 31.9 Å². The molecule has 0 saturated carbocycles. The second kappa shape index (κ2) is 7.64. The monoisotopic (exact) mass is 318 g/mol. The Morgan fingerprint density at radius 2 is 2.26 bits per heavy atom. The van der Waals surface area contributed by atoms with Crippen LogP contribution in [0.4, 0.5) is 10.6 Å². The number of carbonyl (C=O) groups excluding carboxylic acids is 1. The highest BCUT2D eigenvalue weighted by atomic mass is 16.5. The van der Waals surface area contributed by atoms with Gasteiger partial charge in [0.15, 0.2) is 0 Å². The molecule has 0 aliphatic carbocycles. The average Bonchev–Trinajstić information content (AvgIpc) is 3.23. The third-order valence-electron chi connectivity index (χ3n) is 4.62. The largest absolute Gasteiger partial charge is 0.381 e. The van der Waals surface area contributed by atoms with Gasteiger partial charge >= 0.3 is 6.03 Å². The molecular weight excluding hydrogens is 292 g/mol. The zero-order valence-electron chi connectivity index (χ0n) is 13.8. The van der Waals surface area contributed by atoms with Crippen molar-refractivity contribution in [3.05, 3.63) is 24.4 Å². The third-order valence-corrected chi connectivity index (χ3v) is 4.62. The van der Waals surface area contributed by atoms with Crippen LogP contribution in [0.3, 0.4) is 0 Å². The Balaban J connectivity index is 1.44. The van der Waals surface area contributed by atoms with E-state index in [9.17, 15) is 4.79 Å². The lowest BCUT2D eigenvalue weighted by Crippen LogP contribution is -2.45. The Bertz CT molecular complexity index is 511. The van der Waals surface area contributed by atoms with E-state index >= 15 is 0 Å². The van der Waals surface area contributed by atoms with Gasteiger partial charge in [0.05, 0.1) is 6.61 Å². The first-order chi connectivity index (χ1) is 11.3. The maximum atomic E-state index is 12.4. The SMILES string of the molecule is CCOC[C@@H]1CCN(C(=O)N[C@H]2CCN(c3ccccn3)C2)C1. The smallest absolute Gasteiger partial charge is 0.317 e. The van der Waals surface area contributed by atoms with E-state index < -0.39 is 0 Å². The number of anilines is 1. The number of amides is 2. The fourth-order valence-corrected chi connectivity index (χ4v) is 3.33. The lowest BCUT2D eigenvalue weighted by molar-refractivity contribution is 0.113. The summed E-state index contributed by atoms with van der Waals surface area (Å²) in [6, 6.07) is 6.21. The second-order valence-electron chi connectivity index (χ2n) is 6.33. The number of hydrogen-bond acceptors (Lipinski definition) is 4. The van der Waals surface area contributed by atoms with Crippen LogP contribution >= 0.6 is 0 Å². The van der Waals surface area contributed by atoms with Crippen LogP contribution in [0.5, 0.6) is 0 Å². The predicted octanol–water partition coefficient (Wildman–Crippen LogP) is 1.73. The Hall–Kier alpha value is -1.82. The standard InChI is InChI=1S/C17H26N4O2/c1-2-23-13-14-6-9-21(11-14)17(22)19-15-7-10-20(12-15)16-5-3-4-8-18-16/h3-5,8,14-15H,2,6-7,9-13H2,1H3,(H,19,22)/t14-,15+/m1/s1. The van der Waals surface area contributed by atoms with Crippen molar-refractivity contribution in [2.45, 2.75) is 25.8 Å². The first-order valence-corrected chi connectivity index (χ1v) is 8.55. The van der Waals surface area contributed by atoms with Crippen LogP contribution in [0.15, 0.2) is 24.4 Å². The van der Waals surface area contributed by atoms with Crippen LogP contribution in [0.1, 0.15) is 19.8 Å². The van der Waals surface area contributed by atoms with Gasteiger partial charge in [-0.25, -0.2) is 9.78 Å². The first kappa shape index (κ1) is 16.1. The van der Waals surface area contributed by atoms with Crippen LogP contribution in [0.2, 0.25) is 0 Å². The Kier molecular flexibility index (Phi) is 5.33. The van der Waals surface area contributed by atoms with Crippen LogP contribution in [-0.2, 0) is 4.74 Å². The number of rotatable bonds is 5. The summed E-state index contributed by atoms with van der Waals surface area (Å²) in [7, 11) is 0.